The van der Waals surface area contributed by atoms with Crippen molar-refractivity contribution >= 4 is 16.8 Å². The molecule has 0 saturated carbocycles. The molecule has 4 nitrogen and oxygen atoms in total. The average Bonchev–Trinajstić information content (AvgIpc) is 2.73. The third-order valence-electron chi connectivity index (χ3n) is 3.80. The molecule has 3 rings (SSSR count). The molecule has 0 spiro atoms. The molecule has 21 heavy (non-hydrogen) atoms. The van der Waals surface area contributed by atoms with Crippen LogP contribution in [0, 0.1) is 6.92 Å². The Morgan fingerprint density at radius 2 is 1.62 bits per heavy atom. The van der Waals surface area contributed by atoms with Gasteiger partial charge in [0, 0.05) is 12.6 Å². The standard InChI is InChI=1S/C17H16N2O2/c1-12-7-3-4-8-13(12)16(20)11-19-15-10-6-5-9-14(15)18(2)17(19)21/h3-10H,11H2,1-2H3. The molecule has 0 N–H and O–H groups in total. The fourth-order valence-corrected chi connectivity index (χ4v) is 2.63. The first-order valence-corrected chi connectivity index (χ1v) is 6.82. The van der Waals surface area contributed by atoms with Crippen LogP contribution >= 0.6 is 0 Å². The highest BCUT2D eigenvalue weighted by Crippen LogP contribution is 2.14. The smallest absolute Gasteiger partial charge is 0.295 e. The number of aryl methyl sites for hydroxylation is 2. The molecule has 1 aromatic heterocycles. The van der Waals surface area contributed by atoms with E-state index in [-0.39, 0.29) is 18.0 Å². The minimum Gasteiger partial charge on any atom is -0.295 e. The van der Waals surface area contributed by atoms with Gasteiger partial charge in [0.1, 0.15) is 0 Å². The summed E-state index contributed by atoms with van der Waals surface area (Å²) >= 11 is 0. The van der Waals surface area contributed by atoms with E-state index in [9.17, 15) is 9.59 Å². The lowest BCUT2D eigenvalue weighted by Gasteiger charge is -2.05. The SMILES string of the molecule is Cc1ccccc1C(=O)Cn1c(=O)n(C)c2ccccc21. The van der Waals surface area contributed by atoms with Gasteiger partial charge in [-0.2, -0.15) is 0 Å². The molecule has 0 saturated heterocycles. The molecule has 0 unspecified atom stereocenters. The number of imidazole rings is 1. The average molecular weight is 280 g/mol. The van der Waals surface area contributed by atoms with Crippen molar-refractivity contribution in [1.29, 1.82) is 0 Å². The number of benzene rings is 2. The van der Waals surface area contributed by atoms with Gasteiger partial charge in [0.05, 0.1) is 17.6 Å². The van der Waals surface area contributed by atoms with E-state index in [1.165, 1.54) is 4.57 Å². The molecule has 0 amide bonds. The van der Waals surface area contributed by atoms with Crippen LogP contribution in [0.25, 0.3) is 11.0 Å². The Labute approximate surface area is 122 Å². The number of carbonyl (C=O) groups is 1. The number of hydrogen-bond acceptors (Lipinski definition) is 2. The maximum absolute atomic E-state index is 12.5. The molecule has 0 bridgehead atoms. The number of aromatic nitrogens is 2. The minimum atomic E-state index is -0.168. The lowest BCUT2D eigenvalue weighted by molar-refractivity contribution is 0.0971. The number of para-hydroxylation sites is 2. The van der Waals surface area contributed by atoms with Gasteiger partial charge in [0.2, 0.25) is 0 Å². The number of ketones is 1. The van der Waals surface area contributed by atoms with E-state index < -0.39 is 0 Å². The molecule has 0 fully saturated rings. The van der Waals surface area contributed by atoms with Crippen LogP contribution in [0.2, 0.25) is 0 Å². The van der Waals surface area contributed by atoms with Crippen molar-refractivity contribution in [3.05, 3.63) is 70.1 Å². The van der Waals surface area contributed by atoms with Gasteiger partial charge in [-0.1, -0.05) is 36.4 Å². The van der Waals surface area contributed by atoms with Crippen LogP contribution in [-0.4, -0.2) is 14.9 Å². The summed E-state index contributed by atoms with van der Waals surface area (Å²) < 4.78 is 3.10. The molecule has 0 aliphatic rings. The highest BCUT2D eigenvalue weighted by Gasteiger charge is 2.15. The predicted molar refractivity (Wildman–Crippen MR) is 82.7 cm³/mol. The van der Waals surface area contributed by atoms with Crippen LogP contribution in [0.4, 0.5) is 0 Å². The van der Waals surface area contributed by atoms with Crippen molar-refractivity contribution in [2.24, 2.45) is 7.05 Å². The summed E-state index contributed by atoms with van der Waals surface area (Å²) in [6, 6.07) is 14.9. The maximum atomic E-state index is 12.5. The topological polar surface area (TPSA) is 44.0 Å². The van der Waals surface area contributed by atoms with Crippen molar-refractivity contribution in [3.63, 3.8) is 0 Å². The van der Waals surface area contributed by atoms with Crippen molar-refractivity contribution in [3.8, 4) is 0 Å². The first-order valence-electron chi connectivity index (χ1n) is 6.82. The van der Waals surface area contributed by atoms with Crippen molar-refractivity contribution in [2.45, 2.75) is 13.5 Å². The Morgan fingerprint density at radius 3 is 2.33 bits per heavy atom. The first-order chi connectivity index (χ1) is 10.1. The Balaban J connectivity index is 2.07. The van der Waals surface area contributed by atoms with Gasteiger partial charge in [0.25, 0.3) is 0 Å². The van der Waals surface area contributed by atoms with Gasteiger partial charge < -0.3 is 0 Å². The molecule has 1 heterocycles. The predicted octanol–water partition coefficient (Wildman–Crippen LogP) is 2.53. The molecule has 0 radical (unpaired) electrons. The molecule has 2 aromatic carbocycles. The van der Waals surface area contributed by atoms with Gasteiger partial charge in [-0.3, -0.25) is 13.9 Å². The van der Waals surface area contributed by atoms with Crippen LogP contribution in [0.15, 0.2) is 53.3 Å². The molecule has 3 aromatic rings. The number of rotatable bonds is 3. The summed E-state index contributed by atoms with van der Waals surface area (Å²) in [6.45, 7) is 1.96. The van der Waals surface area contributed by atoms with Crippen molar-refractivity contribution < 1.29 is 4.79 Å². The lowest BCUT2D eigenvalue weighted by Crippen LogP contribution is -2.25. The van der Waals surface area contributed by atoms with E-state index in [0.717, 1.165) is 16.6 Å². The highest BCUT2D eigenvalue weighted by atomic mass is 16.2. The summed E-state index contributed by atoms with van der Waals surface area (Å²) in [5, 5.41) is 0. The molecule has 0 aliphatic heterocycles. The van der Waals surface area contributed by atoms with Gasteiger partial charge in [-0.15, -0.1) is 0 Å². The highest BCUT2D eigenvalue weighted by molar-refractivity contribution is 5.97. The molecular weight excluding hydrogens is 264 g/mol. The maximum Gasteiger partial charge on any atom is 0.329 e. The number of hydrogen-bond donors (Lipinski definition) is 0. The van der Waals surface area contributed by atoms with Gasteiger partial charge in [-0.05, 0) is 24.6 Å². The van der Waals surface area contributed by atoms with Crippen LogP contribution in [0.5, 0.6) is 0 Å². The van der Waals surface area contributed by atoms with E-state index in [2.05, 4.69) is 0 Å². The summed E-state index contributed by atoms with van der Waals surface area (Å²) in [5.41, 5.74) is 3.04. The minimum absolute atomic E-state index is 0.0495. The van der Waals surface area contributed by atoms with E-state index in [1.54, 1.807) is 17.7 Å². The molecule has 4 heteroatoms. The monoisotopic (exact) mass is 280 g/mol. The fraction of sp³-hybridized carbons (Fsp3) is 0.176. The summed E-state index contributed by atoms with van der Waals surface area (Å²) in [7, 11) is 1.72. The zero-order valence-electron chi connectivity index (χ0n) is 12.0. The van der Waals surface area contributed by atoms with Crippen LogP contribution in [-0.2, 0) is 13.6 Å². The fourth-order valence-electron chi connectivity index (χ4n) is 2.63. The van der Waals surface area contributed by atoms with E-state index in [0.29, 0.717) is 5.56 Å². The van der Waals surface area contributed by atoms with E-state index in [1.807, 2.05) is 49.4 Å². The Kier molecular flexibility index (Phi) is 3.22. The third kappa shape index (κ3) is 2.18. The first kappa shape index (κ1) is 13.4. The second-order valence-electron chi connectivity index (χ2n) is 5.15. The Bertz CT molecular complexity index is 887. The molecular formula is C17H16N2O2. The summed E-state index contributed by atoms with van der Waals surface area (Å²) in [4.78, 5) is 24.8. The van der Waals surface area contributed by atoms with Crippen molar-refractivity contribution in [1.82, 2.24) is 9.13 Å². The van der Waals surface area contributed by atoms with Crippen molar-refractivity contribution in [2.75, 3.05) is 0 Å². The Morgan fingerprint density at radius 1 is 1.00 bits per heavy atom. The largest absolute Gasteiger partial charge is 0.329 e. The molecule has 0 aliphatic carbocycles. The number of nitrogens with zero attached hydrogens (tertiary/aromatic N) is 2. The second kappa shape index (κ2) is 5.05. The zero-order valence-corrected chi connectivity index (χ0v) is 12.0. The van der Waals surface area contributed by atoms with Crippen LogP contribution in [0.1, 0.15) is 15.9 Å². The normalized spacial score (nSPS) is 11.0. The molecule has 0 atom stereocenters. The third-order valence-corrected chi connectivity index (χ3v) is 3.80. The quantitative estimate of drug-likeness (QED) is 0.692. The number of fused-ring (bicyclic) bond motifs is 1. The molecule has 106 valence electrons. The van der Waals surface area contributed by atoms with Crippen LogP contribution < -0.4 is 5.69 Å². The number of carbonyl (C=O) groups excluding carboxylic acids is 1. The Hall–Kier alpha value is -2.62. The van der Waals surface area contributed by atoms with Gasteiger partial charge >= 0.3 is 5.69 Å². The van der Waals surface area contributed by atoms with E-state index >= 15 is 0 Å². The van der Waals surface area contributed by atoms with E-state index in [4.69, 9.17) is 0 Å². The van der Waals surface area contributed by atoms with Gasteiger partial charge in [-0.25, -0.2) is 4.79 Å². The number of Topliss-reactive ketones (excluding diaryl/α,β-unsaturated/α-hetero) is 1. The second-order valence-corrected chi connectivity index (χ2v) is 5.15. The van der Waals surface area contributed by atoms with Gasteiger partial charge in [0.15, 0.2) is 5.78 Å². The van der Waals surface area contributed by atoms with Crippen LogP contribution in [0.3, 0.4) is 0 Å². The summed E-state index contributed by atoms with van der Waals surface area (Å²) in [6.07, 6.45) is 0. The lowest BCUT2D eigenvalue weighted by atomic mass is 10.1. The zero-order chi connectivity index (χ0) is 15.0. The summed E-state index contributed by atoms with van der Waals surface area (Å²) in [5.74, 6) is -0.0495.